The number of amidine groups is 1. The molecule has 0 amide bonds. The van der Waals surface area contributed by atoms with Gasteiger partial charge in [0.05, 0.1) is 13.6 Å². The monoisotopic (exact) mass is 402 g/mol. The minimum Gasteiger partial charge on any atom is -1.00 e. The maximum Gasteiger partial charge on any atom is 0.264 e. The van der Waals surface area contributed by atoms with E-state index in [9.17, 15) is 0 Å². The number of hydrogen-bond donors (Lipinski definition) is 0. The van der Waals surface area contributed by atoms with Crippen molar-refractivity contribution in [3.63, 3.8) is 0 Å². The third kappa shape index (κ3) is 2.76. The first-order valence-corrected chi connectivity index (χ1v) is 7.22. The van der Waals surface area contributed by atoms with E-state index in [-0.39, 0.29) is 30.0 Å². The van der Waals surface area contributed by atoms with Crippen molar-refractivity contribution < 1.29 is 37.9 Å². The van der Waals surface area contributed by atoms with E-state index in [4.69, 9.17) is 14.5 Å². The van der Waals surface area contributed by atoms with Crippen LogP contribution in [0.15, 0.2) is 35.3 Å². The minimum absolute atomic E-state index is 0. The lowest BCUT2D eigenvalue weighted by Crippen LogP contribution is -3.00. The van der Waals surface area contributed by atoms with Crippen molar-refractivity contribution in [1.82, 2.24) is 0 Å². The SMILES string of the molecule is COC1(OC)CCC[N+]2(C)CC(c3ccccc3)N=C12.[I-]. The van der Waals surface area contributed by atoms with Crippen LogP contribution in [-0.4, -0.2) is 50.5 Å². The summed E-state index contributed by atoms with van der Waals surface area (Å²) in [5, 5.41) is 0. The van der Waals surface area contributed by atoms with E-state index in [1.807, 2.05) is 6.07 Å². The van der Waals surface area contributed by atoms with E-state index in [0.29, 0.717) is 0 Å². The topological polar surface area (TPSA) is 30.8 Å². The average Bonchev–Trinajstić information content (AvgIpc) is 2.86. The first-order chi connectivity index (χ1) is 9.63. The molecule has 1 fully saturated rings. The predicted molar refractivity (Wildman–Crippen MR) is 78.5 cm³/mol. The molecule has 5 heteroatoms. The standard InChI is InChI=1S/C16H23N2O2.HI/c1-18-11-7-10-16(19-2,20-3)15(18)17-14(12-18)13-8-5-4-6-9-13;/h4-6,8-9,14H,7,10-12H2,1-3H3;1H/q+1;/p-1. The summed E-state index contributed by atoms with van der Waals surface area (Å²) in [4.78, 5) is 4.99. The Morgan fingerprint density at radius 1 is 1.19 bits per heavy atom. The van der Waals surface area contributed by atoms with Crippen LogP contribution in [0.1, 0.15) is 24.4 Å². The van der Waals surface area contributed by atoms with Crippen LogP contribution in [0.3, 0.4) is 0 Å². The summed E-state index contributed by atoms with van der Waals surface area (Å²) in [6.45, 7) is 2.10. The number of quaternary nitrogens is 1. The zero-order chi connectivity index (χ0) is 14.2. The van der Waals surface area contributed by atoms with E-state index >= 15 is 0 Å². The highest BCUT2D eigenvalue weighted by Crippen LogP contribution is 2.39. The molecule has 2 aliphatic heterocycles. The highest BCUT2D eigenvalue weighted by Gasteiger charge is 2.56. The van der Waals surface area contributed by atoms with Gasteiger partial charge in [-0.3, -0.25) is 4.48 Å². The third-order valence-corrected chi connectivity index (χ3v) is 4.71. The number of aliphatic imine (C=N–C) groups is 1. The van der Waals surface area contributed by atoms with Gasteiger partial charge in [-0.2, -0.15) is 0 Å². The zero-order valence-electron chi connectivity index (χ0n) is 12.9. The molecular weight excluding hydrogens is 379 g/mol. The molecule has 0 aliphatic carbocycles. The minimum atomic E-state index is -0.642. The number of rotatable bonds is 3. The zero-order valence-corrected chi connectivity index (χ0v) is 15.0. The lowest BCUT2D eigenvalue weighted by atomic mass is 10.0. The molecule has 0 saturated carbocycles. The Morgan fingerprint density at radius 2 is 1.86 bits per heavy atom. The normalized spacial score (nSPS) is 30.2. The van der Waals surface area contributed by atoms with Gasteiger partial charge in [-0.1, -0.05) is 30.3 Å². The van der Waals surface area contributed by atoms with E-state index < -0.39 is 5.79 Å². The van der Waals surface area contributed by atoms with Gasteiger partial charge < -0.3 is 33.5 Å². The van der Waals surface area contributed by atoms with Gasteiger partial charge in [0.25, 0.3) is 11.6 Å². The molecule has 3 rings (SSSR count). The molecule has 0 spiro atoms. The van der Waals surface area contributed by atoms with Gasteiger partial charge in [-0.25, -0.2) is 4.99 Å². The largest absolute Gasteiger partial charge is 1.00 e. The second-order valence-electron chi connectivity index (χ2n) is 5.95. The number of ether oxygens (including phenoxy) is 2. The Morgan fingerprint density at radius 3 is 2.48 bits per heavy atom. The molecule has 0 radical (unpaired) electrons. The molecule has 2 aliphatic rings. The van der Waals surface area contributed by atoms with Crippen LogP contribution in [0.5, 0.6) is 0 Å². The van der Waals surface area contributed by atoms with Gasteiger partial charge in [0.1, 0.15) is 12.6 Å². The van der Waals surface area contributed by atoms with Crippen molar-refractivity contribution in [3.05, 3.63) is 35.9 Å². The van der Waals surface area contributed by atoms with Gasteiger partial charge in [-0.05, 0) is 5.56 Å². The summed E-state index contributed by atoms with van der Waals surface area (Å²) in [7, 11) is 5.68. The maximum absolute atomic E-state index is 5.72. The van der Waals surface area contributed by atoms with Crippen molar-refractivity contribution in [2.75, 3.05) is 34.4 Å². The van der Waals surface area contributed by atoms with Crippen LogP contribution >= 0.6 is 0 Å². The smallest absolute Gasteiger partial charge is 0.264 e. The highest BCUT2D eigenvalue weighted by atomic mass is 127. The van der Waals surface area contributed by atoms with Gasteiger partial charge in [-0.15, -0.1) is 0 Å². The maximum atomic E-state index is 5.72. The number of piperidine rings is 1. The molecule has 21 heavy (non-hydrogen) atoms. The predicted octanol–water partition coefficient (Wildman–Crippen LogP) is -0.627. The molecule has 0 N–H and O–H groups in total. The molecule has 0 bridgehead atoms. The number of halogens is 1. The first-order valence-electron chi connectivity index (χ1n) is 7.22. The number of likely N-dealkylation sites (N-methyl/N-ethyl adjacent to an activating group) is 1. The van der Waals surface area contributed by atoms with Crippen LogP contribution in [-0.2, 0) is 9.47 Å². The van der Waals surface area contributed by atoms with Crippen LogP contribution in [0.2, 0.25) is 0 Å². The van der Waals surface area contributed by atoms with Crippen molar-refractivity contribution in [1.29, 1.82) is 0 Å². The van der Waals surface area contributed by atoms with Gasteiger partial charge in [0.15, 0.2) is 0 Å². The second kappa shape index (κ2) is 6.32. The summed E-state index contributed by atoms with van der Waals surface area (Å²) in [6.07, 6.45) is 1.98. The molecular formula is C16H23IN2O2. The second-order valence-corrected chi connectivity index (χ2v) is 5.95. The summed E-state index contributed by atoms with van der Waals surface area (Å²) in [6, 6.07) is 10.7. The Balaban J connectivity index is 0.00000161. The van der Waals surface area contributed by atoms with Crippen LogP contribution < -0.4 is 24.0 Å². The number of hydrogen-bond acceptors (Lipinski definition) is 3. The molecule has 1 aromatic rings. The average molecular weight is 402 g/mol. The number of methoxy groups -OCH3 is 2. The van der Waals surface area contributed by atoms with E-state index in [2.05, 4.69) is 31.3 Å². The number of nitrogens with zero attached hydrogens (tertiary/aromatic N) is 2. The first kappa shape index (κ1) is 16.9. The van der Waals surface area contributed by atoms with Crippen LogP contribution in [0, 0.1) is 0 Å². The van der Waals surface area contributed by atoms with Crippen molar-refractivity contribution in [2.24, 2.45) is 4.99 Å². The Labute approximate surface area is 143 Å². The van der Waals surface area contributed by atoms with Gasteiger partial charge in [0.2, 0.25) is 0 Å². The molecule has 1 saturated heterocycles. The molecule has 2 unspecified atom stereocenters. The Bertz CT molecular complexity index is 516. The quantitative estimate of drug-likeness (QED) is 0.383. The molecule has 4 nitrogen and oxygen atoms in total. The fourth-order valence-corrected chi connectivity index (χ4v) is 3.60. The van der Waals surface area contributed by atoms with Crippen LogP contribution in [0.25, 0.3) is 0 Å². The molecule has 116 valence electrons. The van der Waals surface area contributed by atoms with Crippen molar-refractivity contribution >= 4 is 5.84 Å². The van der Waals surface area contributed by atoms with E-state index in [1.165, 1.54) is 5.56 Å². The highest BCUT2D eigenvalue weighted by molar-refractivity contribution is 5.85. The van der Waals surface area contributed by atoms with Crippen molar-refractivity contribution in [3.8, 4) is 0 Å². The van der Waals surface area contributed by atoms with Gasteiger partial charge in [0, 0.05) is 27.1 Å². The summed E-state index contributed by atoms with van der Waals surface area (Å²) >= 11 is 0. The molecule has 2 atom stereocenters. The number of benzene rings is 1. The van der Waals surface area contributed by atoms with E-state index in [1.54, 1.807) is 14.2 Å². The van der Waals surface area contributed by atoms with Gasteiger partial charge >= 0.3 is 0 Å². The third-order valence-electron chi connectivity index (χ3n) is 4.71. The summed E-state index contributed by atoms with van der Waals surface area (Å²) in [5.41, 5.74) is 1.27. The fourth-order valence-electron chi connectivity index (χ4n) is 3.60. The van der Waals surface area contributed by atoms with E-state index in [0.717, 1.165) is 36.2 Å². The van der Waals surface area contributed by atoms with Crippen molar-refractivity contribution in [2.45, 2.75) is 24.7 Å². The molecule has 2 heterocycles. The number of fused-ring (bicyclic) bond motifs is 1. The Kier molecular flexibility index (Phi) is 5.07. The Hall–Kier alpha value is -0.500. The summed E-state index contributed by atoms with van der Waals surface area (Å²) < 4.78 is 12.3. The lowest BCUT2D eigenvalue weighted by molar-refractivity contribution is -0.826. The lowest BCUT2D eigenvalue weighted by Gasteiger charge is -2.43. The summed E-state index contributed by atoms with van der Waals surface area (Å²) in [5.74, 6) is 0.402. The fraction of sp³-hybridized carbons (Fsp3) is 0.562. The molecule has 0 aromatic heterocycles. The molecule has 1 aromatic carbocycles. The van der Waals surface area contributed by atoms with Crippen LogP contribution in [0.4, 0.5) is 0 Å².